The van der Waals surface area contributed by atoms with Crippen LogP contribution in [-0.2, 0) is 9.63 Å². The molecular weight excluding hydrogens is 182 g/mol. The van der Waals surface area contributed by atoms with Crippen LogP contribution >= 0.6 is 11.5 Å². The third-order valence-corrected chi connectivity index (χ3v) is 1.49. The van der Waals surface area contributed by atoms with Gasteiger partial charge in [0.2, 0.25) is 5.71 Å². The normalized spacial score (nSPS) is 11.2. The van der Waals surface area contributed by atoms with Crippen LogP contribution < -0.4 is 0 Å². The zero-order valence-electron chi connectivity index (χ0n) is 6.09. The van der Waals surface area contributed by atoms with E-state index in [0.717, 1.165) is 11.5 Å². The summed E-state index contributed by atoms with van der Waals surface area (Å²) in [6.45, 7) is 0. The SMILES string of the molecule is CO/N=C(/C(=O)O)c1csnn1. The Morgan fingerprint density at radius 2 is 2.58 bits per heavy atom. The maximum absolute atomic E-state index is 10.5. The first-order valence-corrected chi connectivity index (χ1v) is 3.71. The molecule has 0 bridgehead atoms. The summed E-state index contributed by atoms with van der Waals surface area (Å²) >= 11 is 1.05. The highest BCUT2D eigenvalue weighted by atomic mass is 32.1. The van der Waals surface area contributed by atoms with E-state index in [0.29, 0.717) is 0 Å². The van der Waals surface area contributed by atoms with Crippen molar-refractivity contribution < 1.29 is 14.7 Å². The summed E-state index contributed by atoms with van der Waals surface area (Å²) < 4.78 is 3.50. The smallest absolute Gasteiger partial charge is 0.360 e. The number of hydrogen-bond acceptors (Lipinski definition) is 6. The summed E-state index contributed by atoms with van der Waals surface area (Å²) in [5.41, 5.74) is -0.0411. The van der Waals surface area contributed by atoms with Crippen molar-refractivity contribution in [1.29, 1.82) is 0 Å². The Labute approximate surface area is 71.6 Å². The predicted molar refractivity (Wildman–Crippen MR) is 41.1 cm³/mol. The molecule has 0 saturated carbocycles. The summed E-state index contributed by atoms with van der Waals surface area (Å²) in [4.78, 5) is 14.8. The summed E-state index contributed by atoms with van der Waals surface area (Å²) in [6.07, 6.45) is 0. The van der Waals surface area contributed by atoms with Crippen molar-refractivity contribution in [3.63, 3.8) is 0 Å². The lowest BCUT2D eigenvalue weighted by molar-refractivity contribution is -0.129. The second-order valence-corrected chi connectivity index (χ2v) is 2.33. The van der Waals surface area contributed by atoms with E-state index in [1.165, 1.54) is 12.5 Å². The van der Waals surface area contributed by atoms with Crippen LogP contribution in [0, 0.1) is 0 Å². The second-order valence-electron chi connectivity index (χ2n) is 1.72. The molecule has 6 nitrogen and oxygen atoms in total. The molecule has 1 heterocycles. The van der Waals surface area contributed by atoms with E-state index in [1.807, 2.05) is 0 Å². The fraction of sp³-hybridized carbons (Fsp3) is 0.200. The number of oxime groups is 1. The number of aliphatic carboxylic acids is 1. The quantitative estimate of drug-likeness (QED) is 0.530. The maximum atomic E-state index is 10.5. The molecule has 7 heteroatoms. The van der Waals surface area contributed by atoms with Gasteiger partial charge in [-0.15, -0.1) is 5.10 Å². The van der Waals surface area contributed by atoms with Gasteiger partial charge in [-0.2, -0.15) is 0 Å². The Balaban J connectivity index is 2.96. The van der Waals surface area contributed by atoms with Crippen LogP contribution in [0.2, 0.25) is 0 Å². The highest BCUT2D eigenvalue weighted by Gasteiger charge is 2.15. The summed E-state index contributed by atoms with van der Waals surface area (Å²) in [6, 6.07) is 0. The van der Waals surface area contributed by atoms with Gasteiger partial charge in [0, 0.05) is 5.38 Å². The third-order valence-electron chi connectivity index (χ3n) is 0.988. The molecule has 0 aliphatic carbocycles. The largest absolute Gasteiger partial charge is 0.476 e. The zero-order chi connectivity index (χ0) is 8.97. The first-order valence-electron chi connectivity index (χ1n) is 2.87. The van der Waals surface area contributed by atoms with Crippen molar-refractivity contribution in [2.75, 3.05) is 7.11 Å². The Hall–Kier alpha value is -1.50. The molecule has 0 aliphatic heterocycles. The molecule has 0 aromatic carbocycles. The summed E-state index contributed by atoms with van der Waals surface area (Å²) in [7, 11) is 1.27. The van der Waals surface area contributed by atoms with Crippen LogP contribution in [0.25, 0.3) is 0 Å². The van der Waals surface area contributed by atoms with Crippen LogP contribution in [0.5, 0.6) is 0 Å². The summed E-state index contributed by atoms with van der Waals surface area (Å²) in [5.74, 6) is -1.19. The Morgan fingerprint density at radius 1 is 1.83 bits per heavy atom. The van der Waals surface area contributed by atoms with E-state index in [9.17, 15) is 4.79 Å². The van der Waals surface area contributed by atoms with Crippen LogP contribution in [0.15, 0.2) is 10.5 Å². The predicted octanol–water partition coefficient (Wildman–Crippen LogP) is -0.0268. The number of nitrogens with zero attached hydrogens (tertiary/aromatic N) is 3. The number of carboxylic acid groups (broad SMARTS) is 1. The van der Waals surface area contributed by atoms with Crippen LogP contribution in [0.1, 0.15) is 5.69 Å². The van der Waals surface area contributed by atoms with Gasteiger partial charge in [0.05, 0.1) is 0 Å². The molecule has 0 spiro atoms. The van der Waals surface area contributed by atoms with Crippen molar-refractivity contribution in [1.82, 2.24) is 9.59 Å². The standard InChI is InChI=1S/C5H5N3O3S/c1-11-7-4(5(9)10)3-2-12-8-6-3/h2H,1H3,(H,9,10)/b7-4+. The van der Waals surface area contributed by atoms with Crippen LogP contribution in [0.4, 0.5) is 0 Å². The average Bonchev–Trinajstić information content (AvgIpc) is 2.51. The minimum Gasteiger partial charge on any atom is -0.476 e. The molecule has 64 valence electrons. The molecule has 0 aliphatic rings. The van der Waals surface area contributed by atoms with Gasteiger partial charge in [0.25, 0.3) is 0 Å². The fourth-order valence-corrected chi connectivity index (χ4v) is 0.995. The molecule has 0 atom stereocenters. The molecule has 1 aromatic heterocycles. The highest BCUT2D eigenvalue weighted by molar-refractivity contribution is 7.03. The van der Waals surface area contributed by atoms with Crippen molar-refractivity contribution in [2.45, 2.75) is 0 Å². The van der Waals surface area contributed by atoms with Crippen molar-refractivity contribution >= 4 is 23.2 Å². The lowest BCUT2D eigenvalue weighted by Gasteiger charge is -1.93. The van der Waals surface area contributed by atoms with Gasteiger partial charge >= 0.3 is 5.97 Å². The first-order chi connectivity index (χ1) is 5.75. The van der Waals surface area contributed by atoms with E-state index in [1.54, 1.807) is 0 Å². The van der Waals surface area contributed by atoms with E-state index in [-0.39, 0.29) is 11.4 Å². The number of aromatic nitrogens is 2. The molecule has 1 rings (SSSR count). The lowest BCUT2D eigenvalue weighted by Crippen LogP contribution is -2.15. The van der Waals surface area contributed by atoms with Crippen molar-refractivity contribution in [3.05, 3.63) is 11.1 Å². The fourth-order valence-electron chi connectivity index (χ4n) is 0.554. The maximum Gasteiger partial charge on any atom is 0.360 e. The molecule has 0 amide bonds. The molecular formula is C5H5N3O3S. The number of rotatable bonds is 3. The Kier molecular flexibility index (Phi) is 2.70. The highest BCUT2D eigenvalue weighted by Crippen LogP contribution is 2.00. The van der Waals surface area contributed by atoms with Crippen molar-refractivity contribution in [3.8, 4) is 0 Å². The zero-order valence-corrected chi connectivity index (χ0v) is 6.91. The minimum atomic E-state index is -1.19. The van der Waals surface area contributed by atoms with Gasteiger partial charge in [-0.25, -0.2) is 4.79 Å². The van der Waals surface area contributed by atoms with E-state index >= 15 is 0 Å². The number of carbonyl (C=O) groups is 1. The van der Waals surface area contributed by atoms with Gasteiger partial charge in [-0.05, 0) is 11.5 Å². The van der Waals surface area contributed by atoms with Gasteiger partial charge < -0.3 is 9.94 Å². The molecule has 0 unspecified atom stereocenters. The lowest BCUT2D eigenvalue weighted by atomic mass is 10.3. The summed E-state index contributed by atoms with van der Waals surface area (Å²) in [5, 5.41) is 16.9. The average molecular weight is 187 g/mol. The van der Waals surface area contributed by atoms with E-state index in [4.69, 9.17) is 5.11 Å². The Bertz CT molecular complexity index is 295. The minimum absolute atomic E-state index is 0.203. The molecule has 0 fully saturated rings. The number of hydrogen-bond donors (Lipinski definition) is 1. The van der Waals surface area contributed by atoms with E-state index < -0.39 is 5.97 Å². The van der Waals surface area contributed by atoms with Gasteiger partial charge in [-0.3, -0.25) is 0 Å². The number of carboxylic acids is 1. The van der Waals surface area contributed by atoms with E-state index in [2.05, 4.69) is 19.6 Å². The molecule has 1 N–H and O–H groups in total. The second kappa shape index (κ2) is 3.77. The first kappa shape index (κ1) is 8.60. The molecule has 0 radical (unpaired) electrons. The third kappa shape index (κ3) is 1.76. The van der Waals surface area contributed by atoms with Crippen LogP contribution in [0.3, 0.4) is 0 Å². The molecule has 0 saturated heterocycles. The van der Waals surface area contributed by atoms with Gasteiger partial charge in [-0.1, -0.05) is 9.64 Å². The molecule has 12 heavy (non-hydrogen) atoms. The van der Waals surface area contributed by atoms with Crippen molar-refractivity contribution in [2.24, 2.45) is 5.16 Å². The van der Waals surface area contributed by atoms with Gasteiger partial charge in [0.15, 0.2) is 0 Å². The van der Waals surface area contributed by atoms with Crippen LogP contribution in [-0.4, -0.2) is 33.5 Å². The topological polar surface area (TPSA) is 84.7 Å². The molecule has 1 aromatic rings. The monoisotopic (exact) mass is 187 g/mol. The van der Waals surface area contributed by atoms with Gasteiger partial charge in [0.1, 0.15) is 12.8 Å². The Morgan fingerprint density at radius 3 is 3.00 bits per heavy atom.